The van der Waals surface area contributed by atoms with E-state index in [-0.39, 0.29) is 23.6 Å². The van der Waals surface area contributed by atoms with Crippen molar-refractivity contribution in [2.75, 3.05) is 0 Å². The van der Waals surface area contributed by atoms with Gasteiger partial charge in [0.25, 0.3) is 0 Å². The van der Waals surface area contributed by atoms with Crippen molar-refractivity contribution in [3.05, 3.63) is 0 Å². The van der Waals surface area contributed by atoms with E-state index in [2.05, 4.69) is 0 Å². The van der Waals surface area contributed by atoms with Crippen LogP contribution in [0.4, 0.5) is 0 Å². The number of carbonyl (C=O) groups is 1. The minimum Gasteiger partial charge on any atom is -0.458 e. The van der Waals surface area contributed by atoms with E-state index in [9.17, 15) is 4.79 Å². The molecule has 3 aliphatic heterocycles. The molecular formula is C12H16O3. The number of hydrogen-bond acceptors (Lipinski definition) is 3. The van der Waals surface area contributed by atoms with E-state index >= 15 is 0 Å². The number of ether oxygens (including phenoxy) is 2. The molecule has 4 rings (SSSR count). The van der Waals surface area contributed by atoms with Crippen molar-refractivity contribution in [2.45, 2.75) is 56.3 Å². The highest BCUT2D eigenvalue weighted by Gasteiger charge is 2.67. The molecule has 82 valence electrons. The van der Waals surface area contributed by atoms with E-state index in [4.69, 9.17) is 9.47 Å². The smallest absolute Gasteiger partial charge is 0.312 e. The van der Waals surface area contributed by atoms with Gasteiger partial charge in [-0.15, -0.1) is 0 Å². The lowest BCUT2D eigenvalue weighted by Gasteiger charge is -2.31. The molecule has 3 nitrogen and oxygen atoms in total. The highest BCUT2D eigenvalue weighted by atomic mass is 16.6. The Balaban J connectivity index is 1.77. The average molecular weight is 208 g/mol. The molecule has 0 aromatic carbocycles. The van der Waals surface area contributed by atoms with Crippen LogP contribution in [0.5, 0.6) is 0 Å². The molecular weight excluding hydrogens is 192 g/mol. The molecule has 1 saturated carbocycles. The molecule has 4 aliphatic rings. The fraction of sp³-hybridized carbons (Fsp3) is 0.917. The van der Waals surface area contributed by atoms with E-state index in [0.717, 1.165) is 25.7 Å². The van der Waals surface area contributed by atoms with Gasteiger partial charge in [-0.3, -0.25) is 4.79 Å². The fourth-order valence-electron chi connectivity index (χ4n) is 4.39. The molecule has 0 unspecified atom stereocenters. The molecule has 15 heavy (non-hydrogen) atoms. The number of fused-ring (bicyclic) bond motifs is 6. The lowest BCUT2D eigenvalue weighted by Crippen LogP contribution is -2.39. The first-order chi connectivity index (χ1) is 7.30. The summed E-state index contributed by atoms with van der Waals surface area (Å²) in [6, 6.07) is 0. The predicted molar refractivity (Wildman–Crippen MR) is 52.2 cm³/mol. The molecule has 2 bridgehead atoms. The Bertz CT molecular complexity index is 319. The van der Waals surface area contributed by atoms with Gasteiger partial charge in [0.15, 0.2) is 0 Å². The van der Waals surface area contributed by atoms with Crippen molar-refractivity contribution in [1.29, 1.82) is 0 Å². The van der Waals surface area contributed by atoms with E-state index in [1.165, 1.54) is 12.8 Å². The first kappa shape index (κ1) is 8.57. The summed E-state index contributed by atoms with van der Waals surface area (Å²) in [5.74, 6) is 0.516. The molecule has 0 aromatic heterocycles. The Hall–Kier alpha value is -0.570. The van der Waals surface area contributed by atoms with E-state index in [0.29, 0.717) is 12.0 Å². The summed E-state index contributed by atoms with van der Waals surface area (Å²) in [6.45, 7) is 0. The minimum atomic E-state index is -0.110. The average Bonchev–Trinajstić information content (AvgIpc) is 2.93. The molecule has 1 spiro atoms. The van der Waals surface area contributed by atoms with Crippen LogP contribution in [0.1, 0.15) is 38.5 Å². The first-order valence-corrected chi connectivity index (χ1v) is 6.18. The Morgan fingerprint density at radius 1 is 1.13 bits per heavy atom. The van der Waals surface area contributed by atoms with E-state index in [1.807, 2.05) is 0 Å². The molecule has 0 radical (unpaired) electrons. The van der Waals surface area contributed by atoms with Gasteiger partial charge in [-0.05, 0) is 38.5 Å². The van der Waals surface area contributed by atoms with Crippen molar-refractivity contribution in [3.8, 4) is 0 Å². The van der Waals surface area contributed by atoms with Crippen LogP contribution in [0.3, 0.4) is 0 Å². The quantitative estimate of drug-likeness (QED) is 0.568. The summed E-state index contributed by atoms with van der Waals surface area (Å²) in [7, 11) is 0. The van der Waals surface area contributed by atoms with Crippen LogP contribution in [-0.4, -0.2) is 23.8 Å². The largest absolute Gasteiger partial charge is 0.458 e. The van der Waals surface area contributed by atoms with Gasteiger partial charge in [-0.1, -0.05) is 0 Å². The number of esters is 1. The van der Waals surface area contributed by atoms with Crippen LogP contribution in [-0.2, 0) is 14.3 Å². The molecule has 0 N–H and O–H groups in total. The summed E-state index contributed by atoms with van der Waals surface area (Å²) in [5.41, 5.74) is -0.110. The SMILES string of the molecule is O=C1OC2(CCCC2)[C@H]2[C@@H]1[C@@H]1CC[C@@H]2O1. The summed E-state index contributed by atoms with van der Waals surface area (Å²) < 4.78 is 11.6. The second kappa shape index (κ2) is 2.57. The molecule has 4 atom stereocenters. The van der Waals surface area contributed by atoms with Crippen molar-refractivity contribution in [1.82, 2.24) is 0 Å². The maximum atomic E-state index is 11.9. The summed E-state index contributed by atoms with van der Waals surface area (Å²) in [6.07, 6.45) is 7.30. The second-order valence-electron chi connectivity index (χ2n) is 5.53. The Morgan fingerprint density at radius 3 is 2.67 bits per heavy atom. The lowest BCUT2D eigenvalue weighted by atomic mass is 9.71. The third-order valence-electron chi connectivity index (χ3n) is 4.91. The summed E-state index contributed by atoms with van der Waals surface area (Å²) >= 11 is 0. The van der Waals surface area contributed by atoms with Crippen molar-refractivity contribution in [2.24, 2.45) is 11.8 Å². The molecule has 3 saturated heterocycles. The van der Waals surface area contributed by atoms with Gasteiger partial charge in [0.1, 0.15) is 5.60 Å². The molecule has 3 heteroatoms. The van der Waals surface area contributed by atoms with E-state index < -0.39 is 0 Å². The maximum absolute atomic E-state index is 11.9. The van der Waals surface area contributed by atoms with Crippen LogP contribution in [0.25, 0.3) is 0 Å². The Morgan fingerprint density at radius 2 is 1.87 bits per heavy atom. The van der Waals surface area contributed by atoms with Gasteiger partial charge < -0.3 is 9.47 Å². The highest BCUT2D eigenvalue weighted by Crippen LogP contribution is 2.58. The Labute approximate surface area is 89.1 Å². The van der Waals surface area contributed by atoms with Gasteiger partial charge in [0, 0.05) is 5.92 Å². The normalized spacial score (nSPS) is 50.0. The monoisotopic (exact) mass is 208 g/mol. The van der Waals surface area contributed by atoms with Crippen molar-refractivity contribution < 1.29 is 14.3 Å². The zero-order valence-electron chi connectivity index (χ0n) is 8.78. The van der Waals surface area contributed by atoms with Crippen LogP contribution in [0, 0.1) is 11.8 Å². The third kappa shape index (κ3) is 0.889. The number of hydrogen-bond donors (Lipinski definition) is 0. The topological polar surface area (TPSA) is 35.5 Å². The Kier molecular flexibility index (Phi) is 1.47. The van der Waals surface area contributed by atoms with Crippen molar-refractivity contribution >= 4 is 5.97 Å². The highest BCUT2D eigenvalue weighted by molar-refractivity contribution is 5.77. The van der Waals surface area contributed by atoms with Crippen molar-refractivity contribution in [3.63, 3.8) is 0 Å². The number of rotatable bonds is 0. The maximum Gasteiger partial charge on any atom is 0.312 e. The van der Waals surface area contributed by atoms with Crippen LogP contribution < -0.4 is 0 Å². The van der Waals surface area contributed by atoms with Crippen LogP contribution in [0.2, 0.25) is 0 Å². The number of carbonyl (C=O) groups excluding carboxylic acids is 1. The minimum absolute atomic E-state index is 0.0362. The lowest BCUT2D eigenvalue weighted by molar-refractivity contribution is -0.155. The molecule has 1 aliphatic carbocycles. The van der Waals surface area contributed by atoms with Crippen LogP contribution in [0.15, 0.2) is 0 Å². The molecule has 0 amide bonds. The zero-order chi connectivity index (χ0) is 10.0. The van der Waals surface area contributed by atoms with Gasteiger partial charge in [-0.25, -0.2) is 0 Å². The third-order valence-corrected chi connectivity index (χ3v) is 4.91. The fourth-order valence-corrected chi connectivity index (χ4v) is 4.39. The standard InChI is InChI=1S/C12H16O3/c13-11-9-7-3-4-8(14-7)10(9)12(15-11)5-1-2-6-12/h7-10H,1-6H2/t7-,8-,9-,10+/m0/s1. The molecule has 3 heterocycles. The predicted octanol–water partition coefficient (Wildman–Crippen LogP) is 1.65. The summed E-state index contributed by atoms with van der Waals surface area (Å²) in [4.78, 5) is 11.9. The molecule has 0 aromatic rings. The summed E-state index contributed by atoms with van der Waals surface area (Å²) in [5, 5.41) is 0. The van der Waals surface area contributed by atoms with Gasteiger partial charge in [-0.2, -0.15) is 0 Å². The first-order valence-electron chi connectivity index (χ1n) is 6.18. The van der Waals surface area contributed by atoms with Gasteiger partial charge in [0.2, 0.25) is 0 Å². The van der Waals surface area contributed by atoms with Gasteiger partial charge in [0.05, 0.1) is 18.1 Å². The zero-order valence-corrected chi connectivity index (χ0v) is 8.78. The van der Waals surface area contributed by atoms with E-state index in [1.54, 1.807) is 0 Å². The molecule has 4 fully saturated rings. The van der Waals surface area contributed by atoms with Crippen LogP contribution >= 0.6 is 0 Å². The second-order valence-corrected chi connectivity index (χ2v) is 5.53. The van der Waals surface area contributed by atoms with Gasteiger partial charge >= 0.3 is 5.97 Å².